The number of aryl methyl sites for hydroxylation is 2. The van der Waals surface area contributed by atoms with E-state index in [0.29, 0.717) is 0 Å². The van der Waals surface area contributed by atoms with Crippen molar-refractivity contribution in [3.05, 3.63) is 71.8 Å². The molecular weight excluding hydrogens is 668 g/mol. The van der Waals surface area contributed by atoms with Gasteiger partial charge in [-0.2, -0.15) is 0 Å². The average Bonchev–Trinajstić information content (AvgIpc) is 2.95. The van der Waals surface area contributed by atoms with E-state index in [1.54, 1.807) is 0 Å². The van der Waals surface area contributed by atoms with E-state index in [9.17, 15) is 16.9 Å². The SMILES string of the molecule is CCCCCCCCCCCCc1ccccc1.CCCCCCCCCCCCc1ccccc1.[F][Sb-]([F])([F])([F])([F])[F]. The van der Waals surface area contributed by atoms with Crippen molar-refractivity contribution in [2.45, 2.75) is 155 Å². The molecule has 0 radical (unpaired) electrons. The van der Waals surface area contributed by atoms with Crippen molar-refractivity contribution in [2.24, 2.45) is 0 Å². The van der Waals surface area contributed by atoms with E-state index in [1.807, 2.05) is 0 Å². The Hall–Kier alpha value is -1.16. The molecule has 0 bridgehead atoms. The van der Waals surface area contributed by atoms with Crippen LogP contribution in [-0.2, 0) is 12.8 Å². The summed E-state index contributed by atoms with van der Waals surface area (Å²) >= 11 is -11.2. The van der Waals surface area contributed by atoms with Gasteiger partial charge in [-0.15, -0.1) is 0 Å². The summed E-state index contributed by atoms with van der Waals surface area (Å²) in [6, 6.07) is 21.8. The number of unbranched alkanes of at least 4 members (excludes halogenated alkanes) is 18. The van der Waals surface area contributed by atoms with E-state index >= 15 is 0 Å². The molecule has 7 heteroatoms. The van der Waals surface area contributed by atoms with Crippen molar-refractivity contribution >= 4 is 19.5 Å². The van der Waals surface area contributed by atoms with E-state index in [0.717, 1.165) is 0 Å². The summed E-state index contributed by atoms with van der Waals surface area (Å²) in [4.78, 5) is 0. The molecular formula is C36H60F6Sb-. The fourth-order valence-electron chi connectivity index (χ4n) is 4.92. The molecule has 0 aliphatic rings. The summed E-state index contributed by atoms with van der Waals surface area (Å²) in [5.74, 6) is 0. The Bertz CT molecular complexity index is 783. The van der Waals surface area contributed by atoms with Crippen LogP contribution >= 0.6 is 0 Å². The number of rotatable bonds is 22. The van der Waals surface area contributed by atoms with Gasteiger partial charge in [0.1, 0.15) is 0 Å². The van der Waals surface area contributed by atoms with Crippen LogP contribution in [0.25, 0.3) is 0 Å². The second-order valence-electron chi connectivity index (χ2n) is 11.8. The zero-order valence-corrected chi connectivity index (χ0v) is 29.6. The first-order valence-electron chi connectivity index (χ1n) is 17.0. The molecule has 2 aromatic rings. The molecule has 252 valence electrons. The number of hydrogen-bond acceptors (Lipinski definition) is 0. The molecule has 0 saturated carbocycles. The van der Waals surface area contributed by atoms with Crippen LogP contribution in [0.5, 0.6) is 0 Å². The van der Waals surface area contributed by atoms with Gasteiger partial charge in [0.2, 0.25) is 0 Å². The summed E-state index contributed by atoms with van der Waals surface area (Å²) in [6.45, 7) is 4.57. The second kappa shape index (κ2) is 24.1. The van der Waals surface area contributed by atoms with Crippen molar-refractivity contribution in [3.8, 4) is 0 Å². The predicted octanol–water partition coefficient (Wildman–Crippen LogP) is 14.4. The van der Waals surface area contributed by atoms with Crippen LogP contribution in [0.2, 0.25) is 0 Å². The topological polar surface area (TPSA) is 0 Å². The van der Waals surface area contributed by atoms with Crippen LogP contribution < -0.4 is 0 Å². The molecule has 0 aliphatic heterocycles. The van der Waals surface area contributed by atoms with Gasteiger partial charge in [0.15, 0.2) is 0 Å². The van der Waals surface area contributed by atoms with Crippen molar-refractivity contribution in [1.29, 1.82) is 0 Å². The van der Waals surface area contributed by atoms with Gasteiger partial charge < -0.3 is 0 Å². The van der Waals surface area contributed by atoms with Gasteiger partial charge in [-0.1, -0.05) is 190 Å². The molecule has 0 unspecified atom stereocenters. The molecule has 0 N–H and O–H groups in total. The quantitative estimate of drug-likeness (QED) is 0.0643. The van der Waals surface area contributed by atoms with Crippen molar-refractivity contribution in [2.75, 3.05) is 0 Å². The molecule has 2 rings (SSSR count). The number of hydrogen-bond donors (Lipinski definition) is 0. The molecule has 2 aromatic carbocycles. The third-order valence-corrected chi connectivity index (χ3v) is 7.32. The third-order valence-electron chi connectivity index (χ3n) is 7.32. The minimum atomic E-state index is -11.2. The fraction of sp³-hybridized carbons (Fsp3) is 0.667. The Morgan fingerprint density at radius 3 is 0.791 bits per heavy atom. The summed E-state index contributed by atoms with van der Waals surface area (Å²) in [5, 5.41) is 0. The van der Waals surface area contributed by atoms with Gasteiger partial charge in [0, 0.05) is 0 Å². The molecule has 0 heterocycles. The van der Waals surface area contributed by atoms with Crippen molar-refractivity contribution in [3.63, 3.8) is 0 Å². The van der Waals surface area contributed by atoms with Crippen LogP contribution in [0.3, 0.4) is 0 Å². The van der Waals surface area contributed by atoms with E-state index in [-0.39, 0.29) is 0 Å². The van der Waals surface area contributed by atoms with E-state index in [4.69, 9.17) is 0 Å². The van der Waals surface area contributed by atoms with E-state index < -0.39 is 19.5 Å². The van der Waals surface area contributed by atoms with Crippen LogP contribution in [0.15, 0.2) is 60.7 Å². The first-order chi connectivity index (χ1) is 20.3. The summed E-state index contributed by atoms with van der Waals surface area (Å²) in [7, 11) is 0. The predicted molar refractivity (Wildman–Crippen MR) is 176 cm³/mol. The van der Waals surface area contributed by atoms with Crippen LogP contribution in [0.4, 0.5) is 16.9 Å². The monoisotopic (exact) mass is 727 g/mol. The number of benzene rings is 2. The van der Waals surface area contributed by atoms with Gasteiger partial charge in [-0.05, 0) is 36.8 Å². The van der Waals surface area contributed by atoms with Crippen LogP contribution in [-0.4, -0.2) is 19.5 Å². The van der Waals surface area contributed by atoms with Crippen molar-refractivity contribution < 1.29 is 16.9 Å². The Morgan fingerprint density at radius 2 is 0.558 bits per heavy atom. The molecule has 0 amide bonds. The van der Waals surface area contributed by atoms with Gasteiger partial charge >= 0.3 is 36.4 Å². The molecule has 0 fully saturated rings. The molecule has 0 atom stereocenters. The molecule has 0 aromatic heterocycles. The third kappa shape index (κ3) is 40.8. The van der Waals surface area contributed by atoms with Gasteiger partial charge in [-0.25, -0.2) is 0 Å². The minimum absolute atomic E-state index is 1.26. The molecule has 0 saturated heterocycles. The van der Waals surface area contributed by atoms with Crippen LogP contribution in [0.1, 0.15) is 153 Å². The molecule has 0 nitrogen and oxygen atoms in total. The number of halogens is 6. The zero-order chi connectivity index (χ0) is 32.2. The summed E-state index contributed by atoms with van der Waals surface area (Å²) in [5.41, 5.74) is 2.99. The summed E-state index contributed by atoms with van der Waals surface area (Å²) in [6.07, 6.45) is 31.0. The molecule has 43 heavy (non-hydrogen) atoms. The second-order valence-corrected chi connectivity index (χ2v) is 17.3. The molecule has 0 spiro atoms. The Morgan fingerprint density at radius 1 is 0.349 bits per heavy atom. The maximum absolute atomic E-state index is 11.2. The first-order valence-corrected chi connectivity index (χ1v) is 22.7. The average molecular weight is 729 g/mol. The van der Waals surface area contributed by atoms with Crippen LogP contribution in [0, 0.1) is 0 Å². The van der Waals surface area contributed by atoms with E-state index in [1.165, 1.54) is 152 Å². The van der Waals surface area contributed by atoms with Crippen molar-refractivity contribution in [1.82, 2.24) is 0 Å². The van der Waals surface area contributed by atoms with Gasteiger partial charge in [0.25, 0.3) is 0 Å². The van der Waals surface area contributed by atoms with E-state index in [2.05, 4.69) is 74.5 Å². The zero-order valence-electron chi connectivity index (χ0n) is 27.0. The molecule has 0 aliphatic carbocycles. The first kappa shape index (κ1) is 41.8. The standard InChI is InChI=1S/2C18H30.6FH.Sb/c2*1-2-3-4-5-6-7-8-9-10-12-15-18-16-13-11-14-17-18;;;;;;;/h2*11,13-14,16-17H,2-10,12,15H2,1H3;6*1H;/q;;;;;;;;+5/p-6. The Labute approximate surface area is 262 Å². The Kier molecular flexibility index (Phi) is 23.5. The van der Waals surface area contributed by atoms with Gasteiger partial charge in [0.05, 0.1) is 0 Å². The fourth-order valence-corrected chi connectivity index (χ4v) is 4.92. The summed E-state index contributed by atoms with van der Waals surface area (Å²) < 4.78 is 59.6. The van der Waals surface area contributed by atoms with Gasteiger partial charge in [-0.3, -0.25) is 0 Å². The maximum atomic E-state index is 9.93. The normalized spacial score (nSPS) is 12.7. The Balaban J connectivity index is 0.000000675.